The molecule has 5 nitrogen and oxygen atoms in total. The van der Waals surface area contributed by atoms with Gasteiger partial charge in [0.15, 0.2) is 0 Å². The maximum Gasteiger partial charge on any atom is 0.326 e. The summed E-state index contributed by atoms with van der Waals surface area (Å²) in [7, 11) is 0. The van der Waals surface area contributed by atoms with Crippen LogP contribution in [0.4, 0.5) is 0 Å². The van der Waals surface area contributed by atoms with Crippen molar-refractivity contribution in [1.29, 1.82) is 0 Å². The van der Waals surface area contributed by atoms with E-state index in [2.05, 4.69) is 0 Å². The summed E-state index contributed by atoms with van der Waals surface area (Å²) in [6, 6.07) is -1.05. The molecule has 1 aliphatic heterocycles. The average Bonchev–Trinajstić information content (AvgIpc) is 2.59. The summed E-state index contributed by atoms with van der Waals surface area (Å²) in [6.45, 7) is 1.83. The largest absolute Gasteiger partial charge is 0.480 e. The number of carboxylic acids is 1. The Morgan fingerprint density at radius 2 is 2.11 bits per heavy atom. The summed E-state index contributed by atoms with van der Waals surface area (Å²) in [5.74, 6) is -2.79. The number of fused-ring (bicyclic) bond motifs is 1. The second kappa shape index (κ2) is 5.33. The lowest BCUT2D eigenvalue weighted by atomic mass is 9.85. The average molecular weight is 286 g/mol. The van der Waals surface area contributed by atoms with E-state index in [0.717, 1.165) is 4.90 Å². The Kier molecular flexibility index (Phi) is 3.94. The Bertz CT molecular complexity index is 460. The van der Waals surface area contributed by atoms with E-state index in [-0.39, 0.29) is 18.2 Å². The van der Waals surface area contributed by atoms with E-state index in [9.17, 15) is 19.5 Å². The first-order valence-corrected chi connectivity index (χ1v) is 6.79. The third-order valence-electron chi connectivity index (χ3n) is 3.76. The van der Waals surface area contributed by atoms with Crippen molar-refractivity contribution in [3.05, 3.63) is 11.1 Å². The van der Waals surface area contributed by atoms with Crippen molar-refractivity contribution in [1.82, 2.24) is 4.90 Å². The third kappa shape index (κ3) is 2.39. The van der Waals surface area contributed by atoms with E-state index in [1.165, 1.54) is 0 Å². The zero-order valence-corrected chi connectivity index (χ0v) is 11.4. The Balaban J connectivity index is 2.27. The van der Waals surface area contributed by atoms with E-state index >= 15 is 0 Å². The van der Waals surface area contributed by atoms with Crippen molar-refractivity contribution >= 4 is 29.4 Å². The number of amides is 2. The van der Waals surface area contributed by atoms with E-state index in [1.54, 1.807) is 6.08 Å². The molecule has 1 fully saturated rings. The highest BCUT2D eigenvalue weighted by Gasteiger charge is 2.51. The molecule has 2 amide bonds. The number of nitrogens with zero attached hydrogens (tertiary/aromatic N) is 1. The van der Waals surface area contributed by atoms with Crippen molar-refractivity contribution in [2.24, 2.45) is 11.8 Å². The normalized spacial score (nSPS) is 28.1. The van der Waals surface area contributed by atoms with Crippen LogP contribution in [0.25, 0.3) is 0 Å². The number of carbonyl (C=O) groups is 3. The van der Waals surface area contributed by atoms with Gasteiger partial charge >= 0.3 is 5.97 Å². The van der Waals surface area contributed by atoms with Crippen molar-refractivity contribution in [2.75, 3.05) is 0 Å². The number of halogens is 1. The Hall–Kier alpha value is -1.36. The molecule has 0 aromatic carbocycles. The van der Waals surface area contributed by atoms with Crippen LogP contribution in [0.5, 0.6) is 0 Å². The summed E-state index contributed by atoms with van der Waals surface area (Å²) >= 11 is 5.91. The van der Waals surface area contributed by atoms with Gasteiger partial charge in [-0.2, -0.15) is 0 Å². The number of rotatable bonds is 4. The lowest BCUT2D eigenvalue weighted by Gasteiger charge is -2.22. The second-order valence-corrected chi connectivity index (χ2v) is 5.48. The van der Waals surface area contributed by atoms with Crippen LogP contribution in [0.15, 0.2) is 11.1 Å². The maximum atomic E-state index is 12.3. The molecule has 2 rings (SSSR count). The van der Waals surface area contributed by atoms with Gasteiger partial charge in [-0.15, -0.1) is 0 Å². The molecular weight excluding hydrogens is 270 g/mol. The molecule has 0 spiro atoms. The highest BCUT2D eigenvalue weighted by atomic mass is 35.5. The topological polar surface area (TPSA) is 74.7 Å². The molecule has 0 aromatic heterocycles. The van der Waals surface area contributed by atoms with Crippen molar-refractivity contribution in [3.63, 3.8) is 0 Å². The molecule has 104 valence electrons. The van der Waals surface area contributed by atoms with Crippen LogP contribution < -0.4 is 0 Å². The summed E-state index contributed by atoms with van der Waals surface area (Å²) in [5.41, 5.74) is 0. The third-order valence-corrected chi connectivity index (χ3v) is 4.07. The predicted octanol–water partition coefficient (Wildman–Crippen LogP) is 1.76. The van der Waals surface area contributed by atoms with Crippen LogP contribution >= 0.6 is 11.6 Å². The van der Waals surface area contributed by atoms with Gasteiger partial charge in [0, 0.05) is 5.03 Å². The van der Waals surface area contributed by atoms with Crippen LogP contribution in [0, 0.1) is 11.8 Å². The fourth-order valence-corrected chi connectivity index (χ4v) is 3.05. The van der Waals surface area contributed by atoms with E-state index in [0.29, 0.717) is 24.3 Å². The molecule has 2 aliphatic rings. The number of carbonyl (C=O) groups excluding carboxylic acids is 2. The lowest BCUT2D eigenvalue weighted by molar-refractivity contribution is -0.155. The zero-order chi connectivity index (χ0) is 14.2. The maximum absolute atomic E-state index is 12.3. The van der Waals surface area contributed by atoms with Crippen LogP contribution in [0.1, 0.15) is 32.6 Å². The molecule has 1 saturated heterocycles. The first-order valence-electron chi connectivity index (χ1n) is 6.41. The van der Waals surface area contributed by atoms with Crippen LogP contribution in [0.2, 0.25) is 0 Å². The molecule has 1 aliphatic carbocycles. The summed E-state index contributed by atoms with van der Waals surface area (Å²) in [5, 5.41) is 9.78. The number of hydrogen-bond donors (Lipinski definition) is 1. The number of imide groups is 1. The molecule has 0 bridgehead atoms. The van der Waals surface area contributed by atoms with Gasteiger partial charge in [-0.05, 0) is 19.3 Å². The van der Waals surface area contributed by atoms with E-state index in [4.69, 9.17) is 11.6 Å². The highest BCUT2D eigenvalue weighted by molar-refractivity contribution is 6.30. The molecular formula is C13H16ClNO4. The van der Waals surface area contributed by atoms with Gasteiger partial charge in [-0.3, -0.25) is 14.5 Å². The summed E-state index contributed by atoms with van der Waals surface area (Å²) in [4.78, 5) is 36.7. The quantitative estimate of drug-likeness (QED) is 0.799. The van der Waals surface area contributed by atoms with Crippen molar-refractivity contribution in [2.45, 2.75) is 38.6 Å². The van der Waals surface area contributed by atoms with Gasteiger partial charge in [-0.1, -0.05) is 31.0 Å². The van der Waals surface area contributed by atoms with Gasteiger partial charge in [-0.25, -0.2) is 4.79 Å². The number of aliphatic carboxylic acids is 1. The SMILES string of the molecule is CCC[C@H](C(=O)O)N1C(=O)[C@H]2CC=C(Cl)C[C@H]2C1=O. The van der Waals surface area contributed by atoms with Crippen LogP contribution in [-0.4, -0.2) is 33.8 Å². The highest BCUT2D eigenvalue weighted by Crippen LogP contribution is 2.40. The molecule has 0 radical (unpaired) electrons. The monoisotopic (exact) mass is 285 g/mol. The standard InChI is InChI=1S/C13H16ClNO4/c1-2-3-10(13(18)19)15-11(16)8-5-4-7(14)6-9(8)12(15)17/h4,8-10H,2-3,5-6H2,1H3,(H,18,19)/t8-,9+,10+/m0/s1. The van der Waals surface area contributed by atoms with Crippen LogP contribution in [0.3, 0.4) is 0 Å². The fraction of sp³-hybridized carbons (Fsp3) is 0.615. The summed E-state index contributed by atoms with van der Waals surface area (Å²) in [6.07, 6.45) is 3.39. The summed E-state index contributed by atoms with van der Waals surface area (Å²) < 4.78 is 0. The fourth-order valence-electron chi connectivity index (χ4n) is 2.80. The molecule has 3 atom stereocenters. The Morgan fingerprint density at radius 1 is 1.47 bits per heavy atom. The van der Waals surface area contributed by atoms with E-state index in [1.807, 2.05) is 6.92 Å². The van der Waals surface area contributed by atoms with Crippen molar-refractivity contribution in [3.8, 4) is 0 Å². The van der Waals surface area contributed by atoms with Crippen LogP contribution in [-0.2, 0) is 14.4 Å². The predicted molar refractivity (Wildman–Crippen MR) is 68.3 cm³/mol. The van der Waals surface area contributed by atoms with Gasteiger partial charge in [0.25, 0.3) is 0 Å². The lowest BCUT2D eigenvalue weighted by Crippen LogP contribution is -2.45. The number of hydrogen-bond acceptors (Lipinski definition) is 3. The van der Waals surface area contributed by atoms with Gasteiger partial charge in [0.05, 0.1) is 11.8 Å². The minimum atomic E-state index is -1.12. The Labute approximate surface area is 116 Å². The minimum absolute atomic E-state index is 0.285. The minimum Gasteiger partial charge on any atom is -0.480 e. The first-order chi connectivity index (χ1) is 8.97. The van der Waals surface area contributed by atoms with Gasteiger partial charge in [0.1, 0.15) is 6.04 Å². The van der Waals surface area contributed by atoms with Gasteiger partial charge < -0.3 is 5.11 Å². The first kappa shape index (κ1) is 14.1. The smallest absolute Gasteiger partial charge is 0.326 e. The molecule has 1 heterocycles. The zero-order valence-electron chi connectivity index (χ0n) is 10.6. The molecule has 6 heteroatoms. The van der Waals surface area contributed by atoms with E-state index < -0.39 is 23.8 Å². The Morgan fingerprint density at radius 3 is 2.68 bits per heavy atom. The molecule has 0 unspecified atom stereocenters. The van der Waals surface area contributed by atoms with Crippen molar-refractivity contribution < 1.29 is 19.5 Å². The molecule has 1 N–H and O–H groups in total. The molecule has 0 aromatic rings. The van der Waals surface area contributed by atoms with Gasteiger partial charge in [0.2, 0.25) is 11.8 Å². The second-order valence-electron chi connectivity index (χ2n) is 4.99. The number of allylic oxidation sites excluding steroid dienone is 2. The molecule has 19 heavy (non-hydrogen) atoms. The number of likely N-dealkylation sites (tertiary alicyclic amines) is 1. The number of carboxylic acid groups (broad SMARTS) is 1. The molecule has 0 saturated carbocycles.